The molecule has 0 radical (unpaired) electrons. The molecule has 1 unspecified atom stereocenters. The van der Waals surface area contributed by atoms with Crippen LogP contribution in [0.15, 0.2) is 18.2 Å². The first-order valence-corrected chi connectivity index (χ1v) is 9.57. The maximum atomic E-state index is 11.3. The molecule has 0 aliphatic carbocycles. The Balaban J connectivity index is 2.28. The number of ether oxygens (including phenoxy) is 1. The van der Waals surface area contributed by atoms with Gasteiger partial charge in [0, 0.05) is 13.3 Å². The molecular formula is C15H21NO4S2. The Labute approximate surface area is 135 Å². The molecule has 122 valence electrons. The number of nitrogens with zero attached hydrogens (tertiary/aromatic N) is 1. The van der Waals surface area contributed by atoms with Crippen molar-refractivity contribution in [1.82, 2.24) is 0 Å². The van der Waals surface area contributed by atoms with Gasteiger partial charge < -0.3 is 9.29 Å². The minimum atomic E-state index is -4.24. The molecule has 0 aliphatic heterocycles. The number of fused-ring (bicyclic) bond motifs is 1. The van der Waals surface area contributed by atoms with Gasteiger partial charge >= 0.3 is 0 Å². The average molecular weight is 343 g/mol. The topological polar surface area (TPSA) is 70.3 Å². The molecule has 2 aromatic rings. The summed E-state index contributed by atoms with van der Waals surface area (Å²) in [7, 11) is -2.63. The van der Waals surface area contributed by atoms with Crippen LogP contribution >= 0.6 is 11.3 Å². The first kappa shape index (κ1) is 17.2. The Morgan fingerprint density at radius 3 is 2.68 bits per heavy atom. The molecule has 5 nitrogen and oxygen atoms in total. The van der Waals surface area contributed by atoms with Crippen molar-refractivity contribution in [3.05, 3.63) is 23.2 Å². The lowest BCUT2D eigenvalue weighted by atomic mass is 10.2. The summed E-state index contributed by atoms with van der Waals surface area (Å²) >= 11 is 1.65. The Hall–Kier alpha value is -1.18. The van der Waals surface area contributed by atoms with Crippen LogP contribution in [0.5, 0.6) is 5.75 Å². The second-order valence-electron chi connectivity index (χ2n) is 5.30. The largest absolute Gasteiger partial charge is 0.748 e. The van der Waals surface area contributed by atoms with E-state index in [0.717, 1.165) is 21.0 Å². The lowest BCUT2D eigenvalue weighted by molar-refractivity contribution is -0.673. The fourth-order valence-corrected chi connectivity index (χ4v) is 4.56. The molecule has 0 fully saturated rings. The van der Waals surface area contributed by atoms with Crippen molar-refractivity contribution in [3.8, 4) is 5.75 Å². The summed E-state index contributed by atoms with van der Waals surface area (Å²) in [6.07, 6.45) is 1.44. The van der Waals surface area contributed by atoms with Crippen molar-refractivity contribution in [2.45, 2.75) is 44.9 Å². The molecule has 22 heavy (non-hydrogen) atoms. The van der Waals surface area contributed by atoms with Gasteiger partial charge in [-0.05, 0) is 18.6 Å². The van der Waals surface area contributed by atoms with Crippen molar-refractivity contribution >= 4 is 31.7 Å². The van der Waals surface area contributed by atoms with Gasteiger partial charge in [0.15, 0.2) is 6.54 Å². The summed E-state index contributed by atoms with van der Waals surface area (Å²) < 4.78 is 42.5. The molecule has 1 heterocycles. The molecule has 1 aromatic carbocycles. The van der Waals surface area contributed by atoms with Gasteiger partial charge in [0.25, 0.3) is 0 Å². The molecule has 0 spiro atoms. The summed E-state index contributed by atoms with van der Waals surface area (Å²) in [4.78, 5) is 0. The monoisotopic (exact) mass is 343 g/mol. The van der Waals surface area contributed by atoms with Crippen molar-refractivity contribution in [1.29, 1.82) is 0 Å². The highest BCUT2D eigenvalue weighted by Crippen LogP contribution is 2.24. The third-order valence-corrected chi connectivity index (χ3v) is 6.16. The fourth-order valence-electron chi connectivity index (χ4n) is 2.61. The van der Waals surface area contributed by atoms with Gasteiger partial charge in [0.1, 0.15) is 10.4 Å². The van der Waals surface area contributed by atoms with Crippen LogP contribution in [-0.4, -0.2) is 25.3 Å². The molecule has 0 saturated carbocycles. The number of methoxy groups -OCH3 is 1. The van der Waals surface area contributed by atoms with Gasteiger partial charge in [-0.3, -0.25) is 0 Å². The van der Waals surface area contributed by atoms with E-state index in [4.69, 9.17) is 4.74 Å². The van der Waals surface area contributed by atoms with Gasteiger partial charge in [-0.1, -0.05) is 24.7 Å². The fraction of sp³-hybridized carbons (Fsp3) is 0.533. The number of hydrogen-bond acceptors (Lipinski definition) is 5. The number of hydrogen-bond donors (Lipinski definition) is 0. The van der Waals surface area contributed by atoms with Crippen molar-refractivity contribution in [2.24, 2.45) is 0 Å². The number of thiazole rings is 1. The van der Waals surface area contributed by atoms with Crippen LogP contribution in [0.2, 0.25) is 0 Å². The van der Waals surface area contributed by atoms with E-state index in [2.05, 4.69) is 4.57 Å². The zero-order chi connectivity index (χ0) is 16.3. The molecule has 0 bridgehead atoms. The second-order valence-corrected chi connectivity index (χ2v) is 8.19. The Morgan fingerprint density at radius 1 is 1.36 bits per heavy atom. The third kappa shape index (κ3) is 3.77. The smallest absolute Gasteiger partial charge is 0.235 e. The Bertz CT molecular complexity index is 752. The molecule has 0 amide bonds. The van der Waals surface area contributed by atoms with E-state index in [-0.39, 0.29) is 0 Å². The van der Waals surface area contributed by atoms with Crippen LogP contribution in [0, 0.1) is 6.92 Å². The Kier molecular flexibility index (Phi) is 5.41. The molecule has 0 N–H and O–H groups in total. The van der Waals surface area contributed by atoms with E-state index in [1.54, 1.807) is 18.4 Å². The zero-order valence-electron chi connectivity index (χ0n) is 13.0. The SMILES string of the molecule is CCCC(CC[n+]1c(C)sc2ccc(OC)cc21)S(=O)(=O)[O-]. The van der Waals surface area contributed by atoms with Gasteiger partial charge in [0.05, 0.1) is 28.5 Å². The summed E-state index contributed by atoms with van der Waals surface area (Å²) in [6, 6.07) is 5.85. The lowest BCUT2D eigenvalue weighted by Gasteiger charge is -2.18. The van der Waals surface area contributed by atoms with Crippen LogP contribution < -0.4 is 9.30 Å². The van der Waals surface area contributed by atoms with Crippen molar-refractivity contribution in [2.75, 3.05) is 7.11 Å². The predicted molar refractivity (Wildman–Crippen MR) is 86.3 cm³/mol. The van der Waals surface area contributed by atoms with E-state index in [9.17, 15) is 13.0 Å². The molecule has 7 heteroatoms. The molecule has 1 atom stereocenters. The highest BCUT2D eigenvalue weighted by atomic mass is 32.2. The van der Waals surface area contributed by atoms with E-state index in [0.29, 0.717) is 25.8 Å². The van der Waals surface area contributed by atoms with E-state index in [1.807, 2.05) is 32.0 Å². The van der Waals surface area contributed by atoms with E-state index < -0.39 is 15.4 Å². The molecule has 1 aromatic heterocycles. The van der Waals surface area contributed by atoms with Gasteiger partial charge in [-0.15, -0.1) is 0 Å². The van der Waals surface area contributed by atoms with Crippen LogP contribution in [0.4, 0.5) is 0 Å². The Morgan fingerprint density at radius 2 is 2.09 bits per heavy atom. The van der Waals surface area contributed by atoms with Crippen molar-refractivity contribution < 1.29 is 22.3 Å². The first-order chi connectivity index (χ1) is 10.4. The minimum absolute atomic E-state index is 0.341. The summed E-state index contributed by atoms with van der Waals surface area (Å²) in [5.74, 6) is 0.764. The summed E-state index contributed by atoms with van der Waals surface area (Å²) in [5.41, 5.74) is 1.01. The second kappa shape index (κ2) is 6.93. The van der Waals surface area contributed by atoms with E-state index in [1.165, 1.54) is 0 Å². The number of benzene rings is 1. The maximum absolute atomic E-state index is 11.3. The number of aromatic nitrogens is 1. The first-order valence-electron chi connectivity index (χ1n) is 7.28. The van der Waals surface area contributed by atoms with Gasteiger partial charge in [0.2, 0.25) is 10.5 Å². The number of aryl methyl sites for hydroxylation is 2. The van der Waals surface area contributed by atoms with Crippen LogP contribution in [0.3, 0.4) is 0 Å². The molecule has 0 aliphatic rings. The lowest BCUT2D eigenvalue weighted by Crippen LogP contribution is -2.38. The van der Waals surface area contributed by atoms with Gasteiger partial charge in [-0.2, -0.15) is 4.57 Å². The average Bonchev–Trinajstić information content (AvgIpc) is 2.77. The quantitative estimate of drug-likeness (QED) is 0.572. The highest BCUT2D eigenvalue weighted by Gasteiger charge is 2.22. The third-order valence-electron chi connectivity index (χ3n) is 3.79. The standard InChI is InChI=1S/C15H21NO4S2/c1-4-5-13(22(17,18)19)8-9-16-11(2)21-15-7-6-12(20-3)10-14(15)16/h6-7,10,13H,4-5,8-9H2,1-3H3. The molecule has 2 rings (SSSR count). The maximum Gasteiger partial charge on any atom is 0.235 e. The molecule has 0 saturated heterocycles. The number of rotatable bonds is 7. The molecular weight excluding hydrogens is 322 g/mol. The normalized spacial score (nSPS) is 13.5. The van der Waals surface area contributed by atoms with Gasteiger partial charge in [-0.25, -0.2) is 8.42 Å². The van der Waals surface area contributed by atoms with E-state index >= 15 is 0 Å². The van der Waals surface area contributed by atoms with Crippen LogP contribution in [-0.2, 0) is 16.7 Å². The summed E-state index contributed by atoms with van der Waals surface area (Å²) in [5, 5.41) is 0.270. The highest BCUT2D eigenvalue weighted by molar-refractivity contribution is 7.86. The summed E-state index contributed by atoms with van der Waals surface area (Å²) in [6.45, 7) is 4.41. The van der Waals surface area contributed by atoms with Crippen LogP contribution in [0.1, 0.15) is 31.2 Å². The zero-order valence-corrected chi connectivity index (χ0v) is 14.7. The minimum Gasteiger partial charge on any atom is -0.748 e. The van der Waals surface area contributed by atoms with Crippen molar-refractivity contribution in [3.63, 3.8) is 0 Å². The predicted octanol–water partition coefficient (Wildman–Crippen LogP) is 2.61. The van der Waals surface area contributed by atoms with Crippen LogP contribution in [0.25, 0.3) is 10.2 Å².